The van der Waals surface area contributed by atoms with Crippen molar-refractivity contribution in [3.63, 3.8) is 0 Å². The molecule has 0 radical (unpaired) electrons. The summed E-state index contributed by atoms with van der Waals surface area (Å²) in [6.07, 6.45) is 0. The minimum atomic E-state index is -5.39. The molecule has 8 N–H and O–H groups in total. The van der Waals surface area contributed by atoms with E-state index in [0.29, 0.717) is 12.1 Å². The minimum Gasteiger partial charge on any atom is -0.505 e. The standard InChI is InChI=1S/C38H26N10O16S4/c39-35-28(18-31(67(59,60)61)22-17-32(68(62,63)64)36(38(50)34(22)35)47-40-19-9-11-20(12-10-19)48(51)52)46-44-26-16-15-23(41-42-24-5-1-3-7-29(24)65(53,54)55)21-13-14-27(37(49)33(21)26)45-43-25-6-2-4-8-30(25)66(56,57)58/h1-18,49-50H,39H2,(H,53,54,55)(H,56,57,58)(H,59,60,61)(H,62,63,64). The van der Waals surface area contributed by atoms with Crippen LogP contribution in [0.4, 0.5) is 56.9 Å². The molecule has 30 heteroatoms. The zero-order chi connectivity index (χ0) is 49.5. The van der Waals surface area contributed by atoms with Crippen LogP contribution in [0.1, 0.15) is 0 Å². The van der Waals surface area contributed by atoms with Crippen molar-refractivity contribution in [2.75, 3.05) is 5.73 Å². The number of fused-ring (bicyclic) bond motifs is 2. The van der Waals surface area contributed by atoms with Crippen LogP contribution in [0.15, 0.2) is 170 Å². The monoisotopic (exact) mass is 1010 g/mol. The number of non-ortho nitro benzene ring substituents is 1. The number of phenolic OH excluding ortho intramolecular Hbond substituents is 2. The van der Waals surface area contributed by atoms with Gasteiger partial charge < -0.3 is 15.9 Å². The smallest absolute Gasteiger partial charge is 0.296 e. The van der Waals surface area contributed by atoms with Crippen molar-refractivity contribution in [3.05, 3.63) is 119 Å². The Kier molecular flexibility index (Phi) is 12.6. The second-order valence-corrected chi connectivity index (χ2v) is 19.2. The Morgan fingerprint density at radius 3 is 1.46 bits per heavy atom. The summed E-state index contributed by atoms with van der Waals surface area (Å²) in [6.45, 7) is 0. The number of nitro benzene ring substituents is 1. The number of nitro groups is 1. The van der Waals surface area contributed by atoms with Crippen LogP contribution in [0.3, 0.4) is 0 Å². The Balaban J connectivity index is 1.44. The van der Waals surface area contributed by atoms with Crippen molar-refractivity contribution in [2.24, 2.45) is 40.9 Å². The van der Waals surface area contributed by atoms with Crippen molar-refractivity contribution in [3.8, 4) is 11.5 Å². The molecule has 0 aliphatic heterocycles. The fourth-order valence-electron chi connectivity index (χ4n) is 6.32. The first-order valence-electron chi connectivity index (χ1n) is 18.2. The number of hydrogen-bond acceptors (Lipinski definition) is 21. The quantitative estimate of drug-likeness (QED) is 0.0186. The molecule has 0 amide bonds. The van der Waals surface area contributed by atoms with Crippen LogP contribution in [0.2, 0.25) is 0 Å². The van der Waals surface area contributed by atoms with Crippen LogP contribution in [0.5, 0.6) is 11.5 Å². The molecular formula is C38H26N10O16S4. The van der Waals surface area contributed by atoms with Gasteiger partial charge in [-0.25, -0.2) is 0 Å². The molecule has 68 heavy (non-hydrogen) atoms. The highest BCUT2D eigenvalue weighted by atomic mass is 32.2. The predicted octanol–water partition coefficient (Wildman–Crippen LogP) is 9.54. The van der Waals surface area contributed by atoms with Gasteiger partial charge in [0.2, 0.25) is 0 Å². The Hall–Kier alpha value is -8.10. The molecule has 348 valence electrons. The number of azo groups is 4. The number of anilines is 1. The summed E-state index contributed by atoms with van der Waals surface area (Å²) in [4.78, 5) is 6.77. The van der Waals surface area contributed by atoms with Crippen LogP contribution < -0.4 is 5.73 Å². The number of benzene rings is 7. The molecule has 7 rings (SSSR count). The van der Waals surface area contributed by atoms with Crippen LogP contribution >= 0.6 is 0 Å². The molecule has 0 saturated carbocycles. The van der Waals surface area contributed by atoms with Crippen molar-refractivity contribution >= 4 is 119 Å². The number of phenols is 2. The van der Waals surface area contributed by atoms with E-state index in [1.807, 2.05) is 0 Å². The first-order valence-corrected chi connectivity index (χ1v) is 24.0. The van der Waals surface area contributed by atoms with Gasteiger partial charge in [-0.3, -0.25) is 28.3 Å². The third kappa shape index (κ3) is 9.86. The maximum absolute atomic E-state index is 12.8. The van der Waals surface area contributed by atoms with Crippen LogP contribution in [0, 0.1) is 10.1 Å². The van der Waals surface area contributed by atoms with Gasteiger partial charge in [-0.05, 0) is 72.8 Å². The van der Waals surface area contributed by atoms with Gasteiger partial charge in [0, 0.05) is 22.9 Å². The second-order valence-electron chi connectivity index (χ2n) is 13.7. The van der Waals surface area contributed by atoms with Gasteiger partial charge in [0.15, 0.2) is 11.5 Å². The van der Waals surface area contributed by atoms with Gasteiger partial charge in [-0.15, -0.1) is 35.8 Å². The molecule has 0 unspecified atom stereocenters. The molecule has 0 aliphatic rings. The lowest BCUT2D eigenvalue weighted by Crippen LogP contribution is -2.04. The van der Waals surface area contributed by atoms with Crippen LogP contribution in [-0.4, -0.2) is 67.0 Å². The average Bonchev–Trinajstić information content (AvgIpc) is 3.26. The van der Waals surface area contributed by atoms with E-state index in [-0.39, 0.29) is 50.6 Å². The normalized spacial score (nSPS) is 12.9. The van der Waals surface area contributed by atoms with Gasteiger partial charge in [0.05, 0.1) is 38.4 Å². The Bertz CT molecular complexity index is 3870. The van der Waals surface area contributed by atoms with Gasteiger partial charge in [-0.1, -0.05) is 24.3 Å². The summed E-state index contributed by atoms with van der Waals surface area (Å²) in [5.74, 6) is -1.97. The summed E-state index contributed by atoms with van der Waals surface area (Å²) in [5, 5.41) is 63.8. The molecule has 0 atom stereocenters. The van der Waals surface area contributed by atoms with E-state index in [2.05, 4.69) is 40.9 Å². The topological polar surface area (TPSA) is 426 Å². The number of nitrogens with two attached hydrogens (primary N) is 1. The molecule has 26 nitrogen and oxygen atoms in total. The summed E-state index contributed by atoms with van der Waals surface area (Å²) in [5.41, 5.74) is 2.20. The van der Waals surface area contributed by atoms with Crippen molar-refractivity contribution < 1.29 is 67.0 Å². The second kappa shape index (κ2) is 17.9. The average molecular weight is 1010 g/mol. The maximum Gasteiger partial charge on any atom is 0.296 e. The van der Waals surface area contributed by atoms with Crippen molar-refractivity contribution in [1.82, 2.24) is 0 Å². The molecule has 0 heterocycles. The fraction of sp³-hybridized carbons (Fsp3) is 0. The minimum absolute atomic E-state index is 0.0205. The van der Waals surface area contributed by atoms with Crippen LogP contribution in [0.25, 0.3) is 21.5 Å². The van der Waals surface area contributed by atoms with E-state index < -0.39 is 104 Å². The van der Waals surface area contributed by atoms with E-state index >= 15 is 0 Å². The molecule has 0 saturated heterocycles. The highest BCUT2D eigenvalue weighted by molar-refractivity contribution is 7.87. The van der Waals surface area contributed by atoms with E-state index in [4.69, 9.17) is 5.73 Å². The van der Waals surface area contributed by atoms with Gasteiger partial charge >= 0.3 is 0 Å². The van der Waals surface area contributed by atoms with E-state index in [1.165, 1.54) is 54.6 Å². The molecule has 7 aromatic rings. The van der Waals surface area contributed by atoms with Gasteiger partial charge in [0.1, 0.15) is 48.0 Å². The highest BCUT2D eigenvalue weighted by Crippen LogP contribution is 2.50. The lowest BCUT2D eigenvalue weighted by molar-refractivity contribution is -0.384. The molecular weight excluding hydrogens is 981 g/mol. The maximum atomic E-state index is 12.8. The zero-order valence-electron chi connectivity index (χ0n) is 33.4. The molecule has 7 aromatic carbocycles. The van der Waals surface area contributed by atoms with E-state index in [9.17, 15) is 72.2 Å². The highest BCUT2D eigenvalue weighted by Gasteiger charge is 2.29. The molecule has 0 fully saturated rings. The van der Waals surface area contributed by atoms with Crippen LogP contribution in [-0.2, 0) is 40.5 Å². The molecule has 0 aromatic heterocycles. The first-order chi connectivity index (χ1) is 31.8. The Morgan fingerprint density at radius 1 is 0.441 bits per heavy atom. The summed E-state index contributed by atoms with van der Waals surface area (Å²) >= 11 is 0. The molecule has 0 spiro atoms. The number of nitrogen functional groups attached to an aromatic ring is 1. The van der Waals surface area contributed by atoms with Gasteiger partial charge in [0.25, 0.3) is 46.2 Å². The van der Waals surface area contributed by atoms with E-state index in [1.54, 1.807) is 0 Å². The lowest BCUT2D eigenvalue weighted by Gasteiger charge is -2.14. The number of hydrogen-bond donors (Lipinski definition) is 7. The number of rotatable bonds is 13. The Morgan fingerprint density at radius 2 is 0.912 bits per heavy atom. The SMILES string of the molecule is Nc1c(N=Nc2ccc(N=Nc3ccccc3S(=O)(=O)O)c3ccc(N=Nc4ccccc4S(=O)(=O)O)c(O)c23)cc(S(=O)(=O)O)c2cc(S(=O)(=O)O)c(N=Nc3ccc([N+](=O)[O-])cc3)c(O)c12. The summed E-state index contributed by atoms with van der Waals surface area (Å²) in [6, 6.07) is 20.2. The number of nitrogens with zero attached hydrogens (tertiary/aromatic N) is 9. The third-order valence-electron chi connectivity index (χ3n) is 9.37. The molecule has 0 aliphatic carbocycles. The molecule has 0 bridgehead atoms. The third-order valence-corrected chi connectivity index (χ3v) is 12.9. The Labute approximate surface area is 381 Å². The predicted molar refractivity (Wildman–Crippen MR) is 238 cm³/mol. The fourth-order valence-corrected chi connectivity index (χ4v) is 8.92. The van der Waals surface area contributed by atoms with Crippen molar-refractivity contribution in [2.45, 2.75) is 19.6 Å². The first kappa shape index (κ1) is 47.9. The lowest BCUT2D eigenvalue weighted by atomic mass is 10.0. The largest absolute Gasteiger partial charge is 0.505 e. The zero-order valence-corrected chi connectivity index (χ0v) is 36.7. The summed E-state index contributed by atoms with van der Waals surface area (Å²) in [7, 11) is -20.4. The van der Waals surface area contributed by atoms with E-state index in [0.717, 1.165) is 42.5 Å². The van der Waals surface area contributed by atoms with Gasteiger partial charge in [-0.2, -0.15) is 38.8 Å². The number of aromatic hydroxyl groups is 2. The summed E-state index contributed by atoms with van der Waals surface area (Å²) < 4.78 is 138. The van der Waals surface area contributed by atoms with Crippen molar-refractivity contribution in [1.29, 1.82) is 0 Å².